The summed E-state index contributed by atoms with van der Waals surface area (Å²) in [5.41, 5.74) is 1.05. The summed E-state index contributed by atoms with van der Waals surface area (Å²) < 4.78 is 0. The van der Waals surface area contributed by atoms with Crippen molar-refractivity contribution in [2.45, 2.75) is 13.0 Å². The second-order valence-electron chi connectivity index (χ2n) is 4.05. The Morgan fingerprint density at radius 3 is 2.69 bits per heavy atom. The Hall–Kier alpha value is -0.280. The van der Waals surface area contributed by atoms with Crippen LogP contribution in [0.2, 0.25) is 10.0 Å². The van der Waals surface area contributed by atoms with Crippen LogP contribution in [-0.2, 0) is 6.54 Å². The molecule has 0 heterocycles. The van der Waals surface area contributed by atoms with Gasteiger partial charge in [0.1, 0.15) is 0 Å². The Morgan fingerprint density at radius 1 is 1.25 bits per heavy atom. The number of nitrogens with zero attached hydrogens (tertiary/aromatic N) is 1. The van der Waals surface area contributed by atoms with Crippen LogP contribution in [0, 0.1) is 0 Å². The molecule has 0 aliphatic rings. The van der Waals surface area contributed by atoms with E-state index >= 15 is 0 Å². The van der Waals surface area contributed by atoms with E-state index in [2.05, 4.69) is 24.3 Å². The van der Waals surface area contributed by atoms with Crippen molar-refractivity contribution in [2.75, 3.05) is 27.2 Å². The van der Waals surface area contributed by atoms with Crippen LogP contribution in [0.1, 0.15) is 12.0 Å². The van der Waals surface area contributed by atoms with Crippen LogP contribution in [0.25, 0.3) is 0 Å². The molecule has 0 spiro atoms. The first-order valence-corrected chi connectivity index (χ1v) is 6.15. The quantitative estimate of drug-likeness (QED) is 0.792. The molecule has 1 rings (SSSR count). The molecule has 1 aromatic rings. The summed E-state index contributed by atoms with van der Waals surface area (Å²) >= 11 is 12.0. The molecule has 0 amide bonds. The lowest BCUT2D eigenvalue weighted by Crippen LogP contribution is -2.21. The molecule has 0 aromatic heterocycles. The lowest BCUT2D eigenvalue weighted by atomic mass is 10.2. The van der Waals surface area contributed by atoms with Gasteiger partial charge in [0.2, 0.25) is 0 Å². The first-order chi connectivity index (χ1) is 7.61. The van der Waals surface area contributed by atoms with Crippen molar-refractivity contribution in [3.63, 3.8) is 0 Å². The molecule has 0 unspecified atom stereocenters. The minimum Gasteiger partial charge on any atom is -0.313 e. The van der Waals surface area contributed by atoms with Gasteiger partial charge in [0, 0.05) is 6.54 Å². The number of nitrogens with one attached hydrogen (secondary N) is 1. The van der Waals surface area contributed by atoms with Crippen LogP contribution in [0.5, 0.6) is 0 Å². The maximum Gasteiger partial charge on any atom is 0.0637 e. The maximum atomic E-state index is 6.08. The van der Waals surface area contributed by atoms with Crippen LogP contribution in [0.4, 0.5) is 0 Å². The fourth-order valence-corrected chi connectivity index (χ4v) is 1.82. The molecule has 0 fully saturated rings. The van der Waals surface area contributed by atoms with Gasteiger partial charge in [-0.15, -0.1) is 0 Å². The number of rotatable bonds is 6. The molecular formula is C12H18Cl2N2. The average Bonchev–Trinajstić information content (AvgIpc) is 2.23. The molecule has 0 saturated carbocycles. The highest BCUT2D eigenvalue weighted by atomic mass is 35.5. The molecule has 2 nitrogen and oxygen atoms in total. The number of hydrogen-bond donors (Lipinski definition) is 1. The number of benzene rings is 1. The summed E-state index contributed by atoms with van der Waals surface area (Å²) in [5.74, 6) is 0. The van der Waals surface area contributed by atoms with E-state index in [0.29, 0.717) is 10.0 Å². The standard InChI is InChI=1S/C12H18Cl2N2/c1-16(2)8-4-7-15-9-10-5-3-6-11(13)12(10)14/h3,5-6,15H,4,7-9H2,1-2H3. The van der Waals surface area contributed by atoms with Gasteiger partial charge < -0.3 is 10.2 Å². The van der Waals surface area contributed by atoms with Gasteiger partial charge in [0.15, 0.2) is 0 Å². The molecule has 1 N–H and O–H groups in total. The zero-order chi connectivity index (χ0) is 12.0. The molecule has 16 heavy (non-hydrogen) atoms. The molecule has 4 heteroatoms. The fourth-order valence-electron chi connectivity index (χ4n) is 1.43. The molecular weight excluding hydrogens is 243 g/mol. The molecule has 1 aromatic carbocycles. The van der Waals surface area contributed by atoms with Gasteiger partial charge in [-0.3, -0.25) is 0 Å². The van der Waals surface area contributed by atoms with E-state index in [1.54, 1.807) is 6.07 Å². The molecule has 0 saturated heterocycles. The summed E-state index contributed by atoms with van der Waals surface area (Å²) in [5, 5.41) is 4.63. The second-order valence-corrected chi connectivity index (χ2v) is 4.83. The Labute approximate surface area is 108 Å². The van der Waals surface area contributed by atoms with Crippen LogP contribution < -0.4 is 5.32 Å². The van der Waals surface area contributed by atoms with Gasteiger partial charge >= 0.3 is 0 Å². The summed E-state index contributed by atoms with van der Waals surface area (Å²) in [7, 11) is 4.15. The van der Waals surface area contributed by atoms with Crippen molar-refractivity contribution in [3.8, 4) is 0 Å². The average molecular weight is 261 g/mol. The third-order valence-corrected chi connectivity index (χ3v) is 3.16. The lowest BCUT2D eigenvalue weighted by molar-refractivity contribution is 0.394. The van der Waals surface area contributed by atoms with E-state index in [0.717, 1.165) is 31.6 Å². The SMILES string of the molecule is CN(C)CCCNCc1cccc(Cl)c1Cl. The largest absolute Gasteiger partial charge is 0.313 e. The van der Waals surface area contributed by atoms with E-state index in [-0.39, 0.29) is 0 Å². The predicted octanol–water partition coefficient (Wildman–Crippen LogP) is 3.03. The summed E-state index contributed by atoms with van der Waals surface area (Å²) in [6.07, 6.45) is 1.13. The van der Waals surface area contributed by atoms with Crippen molar-refractivity contribution in [2.24, 2.45) is 0 Å². The van der Waals surface area contributed by atoms with Crippen LogP contribution in [0.15, 0.2) is 18.2 Å². The zero-order valence-corrected chi connectivity index (χ0v) is 11.3. The minimum atomic E-state index is 0.620. The number of halogens is 2. The van der Waals surface area contributed by atoms with Crippen LogP contribution >= 0.6 is 23.2 Å². The van der Waals surface area contributed by atoms with Crippen LogP contribution in [0.3, 0.4) is 0 Å². The Kier molecular flexibility index (Phi) is 6.14. The molecule has 0 atom stereocenters. The molecule has 0 radical (unpaired) electrons. The Bertz CT molecular complexity index is 327. The highest BCUT2D eigenvalue weighted by Crippen LogP contribution is 2.25. The molecule has 0 aliphatic heterocycles. The van der Waals surface area contributed by atoms with Gasteiger partial charge in [-0.1, -0.05) is 35.3 Å². The van der Waals surface area contributed by atoms with Crippen molar-refractivity contribution >= 4 is 23.2 Å². The van der Waals surface area contributed by atoms with Crippen molar-refractivity contribution in [1.29, 1.82) is 0 Å². The highest BCUT2D eigenvalue weighted by Gasteiger charge is 2.03. The van der Waals surface area contributed by atoms with Gasteiger partial charge in [-0.2, -0.15) is 0 Å². The monoisotopic (exact) mass is 260 g/mol. The summed E-state index contributed by atoms with van der Waals surface area (Å²) in [6, 6.07) is 5.72. The summed E-state index contributed by atoms with van der Waals surface area (Å²) in [4.78, 5) is 2.17. The van der Waals surface area contributed by atoms with E-state index in [4.69, 9.17) is 23.2 Å². The second kappa shape index (κ2) is 7.13. The zero-order valence-electron chi connectivity index (χ0n) is 9.76. The normalized spacial score (nSPS) is 11.1. The molecule has 90 valence electrons. The predicted molar refractivity (Wildman–Crippen MR) is 71.3 cm³/mol. The molecule has 0 bridgehead atoms. The van der Waals surface area contributed by atoms with E-state index in [9.17, 15) is 0 Å². The highest BCUT2D eigenvalue weighted by molar-refractivity contribution is 6.42. The smallest absolute Gasteiger partial charge is 0.0637 e. The Morgan fingerprint density at radius 2 is 2.00 bits per heavy atom. The minimum absolute atomic E-state index is 0.620. The van der Waals surface area contributed by atoms with Gasteiger partial charge in [0.05, 0.1) is 10.0 Å². The number of hydrogen-bond acceptors (Lipinski definition) is 2. The van der Waals surface area contributed by atoms with Gasteiger partial charge in [-0.05, 0) is 45.2 Å². The van der Waals surface area contributed by atoms with Gasteiger partial charge in [0.25, 0.3) is 0 Å². The maximum absolute atomic E-state index is 6.08. The lowest BCUT2D eigenvalue weighted by Gasteiger charge is -2.10. The fraction of sp³-hybridized carbons (Fsp3) is 0.500. The van der Waals surface area contributed by atoms with Crippen molar-refractivity contribution < 1.29 is 0 Å². The van der Waals surface area contributed by atoms with E-state index < -0.39 is 0 Å². The third-order valence-electron chi connectivity index (χ3n) is 2.31. The first-order valence-electron chi connectivity index (χ1n) is 5.39. The van der Waals surface area contributed by atoms with E-state index in [1.165, 1.54) is 0 Å². The Balaban J connectivity index is 2.29. The van der Waals surface area contributed by atoms with E-state index in [1.807, 2.05) is 12.1 Å². The van der Waals surface area contributed by atoms with Gasteiger partial charge in [-0.25, -0.2) is 0 Å². The van der Waals surface area contributed by atoms with Crippen LogP contribution in [-0.4, -0.2) is 32.1 Å². The van der Waals surface area contributed by atoms with Crippen molar-refractivity contribution in [1.82, 2.24) is 10.2 Å². The third kappa shape index (κ3) is 4.71. The summed E-state index contributed by atoms with van der Waals surface area (Å²) in [6.45, 7) is 2.85. The molecule has 0 aliphatic carbocycles. The van der Waals surface area contributed by atoms with Crippen molar-refractivity contribution in [3.05, 3.63) is 33.8 Å². The topological polar surface area (TPSA) is 15.3 Å². The first kappa shape index (κ1) is 13.8.